The van der Waals surface area contributed by atoms with Crippen LogP contribution in [0, 0.1) is 5.92 Å². The third kappa shape index (κ3) is 5.93. The number of rotatable bonds is 6. The Bertz CT molecular complexity index is 944. The molecule has 0 saturated heterocycles. The van der Waals surface area contributed by atoms with Gasteiger partial charge in [0.2, 0.25) is 5.91 Å². The molecule has 2 aromatic heterocycles. The number of nitrogens with one attached hydrogen (secondary N) is 2. The summed E-state index contributed by atoms with van der Waals surface area (Å²) in [5.41, 5.74) is 0.915. The molecule has 0 aromatic carbocycles. The summed E-state index contributed by atoms with van der Waals surface area (Å²) in [7, 11) is 0. The van der Waals surface area contributed by atoms with Gasteiger partial charge in [0, 0.05) is 30.0 Å². The minimum absolute atomic E-state index is 0.160. The molecule has 2 aliphatic rings. The van der Waals surface area contributed by atoms with Crippen LogP contribution in [0.3, 0.4) is 0 Å². The lowest BCUT2D eigenvalue weighted by Crippen LogP contribution is -2.47. The number of hydrogen-bond donors (Lipinski definition) is 2. The second-order valence-electron chi connectivity index (χ2n) is 9.30. The highest BCUT2D eigenvalue weighted by atomic mass is 32.2. The first kappa shape index (κ1) is 23.7. The van der Waals surface area contributed by atoms with Crippen molar-refractivity contribution < 1.29 is 9.59 Å². The molecule has 9 heteroatoms. The lowest BCUT2D eigenvalue weighted by atomic mass is 9.85. The third-order valence-electron chi connectivity index (χ3n) is 6.81. The number of carbonyl (C=O) groups excluding carboxylic acids is 2. The molecule has 0 unspecified atom stereocenters. The van der Waals surface area contributed by atoms with Crippen LogP contribution in [0.5, 0.6) is 0 Å². The number of amides is 3. The summed E-state index contributed by atoms with van der Waals surface area (Å²) in [6.07, 6.45) is 13.6. The molecule has 0 bridgehead atoms. The Kier molecular flexibility index (Phi) is 8.01. The Morgan fingerprint density at radius 3 is 2.58 bits per heavy atom. The largest absolute Gasteiger partial charge is 0.335 e. The van der Waals surface area contributed by atoms with Crippen LogP contribution in [0.15, 0.2) is 29.7 Å². The Hall–Kier alpha value is -2.42. The number of thioether (sulfide) groups is 1. The summed E-state index contributed by atoms with van der Waals surface area (Å²) in [5.74, 6) is 0.962. The summed E-state index contributed by atoms with van der Waals surface area (Å²) >= 11 is 1.35. The number of urea groups is 1. The van der Waals surface area contributed by atoms with Gasteiger partial charge in [-0.05, 0) is 50.7 Å². The van der Waals surface area contributed by atoms with Gasteiger partial charge in [-0.25, -0.2) is 4.79 Å². The summed E-state index contributed by atoms with van der Waals surface area (Å²) in [6.45, 7) is 4.08. The molecule has 2 heterocycles. The SMILES string of the molecule is C[C@H](Sc1nnc(-c2cccnc2)n1[C@H]1CCCC[C@H]1C)C(=O)NC(=O)NC1CCCCC1. The van der Waals surface area contributed by atoms with E-state index in [9.17, 15) is 9.59 Å². The number of imide groups is 1. The maximum absolute atomic E-state index is 12.8. The normalized spacial score (nSPS) is 22.5. The van der Waals surface area contributed by atoms with Crippen LogP contribution < -0.4 is 10.6 Å². The molecule has 4 rings (SSSR count). The van der Waals surface area contributed by atoms with Crippen molar-refractivity contribution in [2.24, 2.45) is 5.92 Å². The molecule has 0 radical (unpaired) electrons. The predicted octanol–water partition coefficient (Wildman–Crippen LogP) is 4.73. The number of pyridine rings is 1. The molecule has 2 N–H and O–H groups in total. The Balaban J connectivity index is 1.48. The van der Waals surface area contributed by atoms with E-state index in [-0.39, 0.29) is 18.0 Å². The molecule has 178 valence electrons. The Morgan fingerprint density at radius 2 is 1.85 bits per heavy atom. The minimum Gasteiger partial charge on any atom is -0.335 e. The molecule has 33 heavy (non-hydrogen) atoms. The molecule has 2 aromatic rings. The van der Waals surface area contributed by atoms with Gasteiger partial charge in [0.15, 0.2) is 11.0 Å². The first-order chi connectivity index (χ1) is 16.0. The fourth-order valence-electron chi connectivity index (χ4n) is 4.92. The van der Waals surface area contributed by atoms with Crippen LogP contribution in [0.25, 0.3) is 11.4 Å². The van der Waals surface area contributed by atoms with Crippen molar-refractivity contribution in [3.63, 3.8) is 0 Å². The molecule has 8 nitrogen and oxygen atoms in total. The number of hydrogen-bond acceptors (Lipinski definition) is 6. The van der Waals surface area contributed by atoms with Crippen LogP contribution in [-0.2, 0) is 4.79 Å². The van der Waals surface area contributed by atoms with Crippen molar-refractivity contribution in [1.82, 2.24) is 30.4 Å². The van der Waals surface area contributed by atoms with E-state index in [4.69, 9.17) is 0 Å². The Morgan fingerprint density at radius 1 is 1.09 bits per heavy atom. The highest BCUT2D eigenvalue weighted by Crippen LogP contribution is 2.39. The average Bonchev–Trinajstić information content (AvgIpc) is 3.23. The van der Waals surface area contributed by atoms with Crippen molar-refractivity contribution in [3.8, 4) is 11.4 Å². The van der Waals surface area contributed by atoms with E-state index in [1.54, 1.807) is 19.3 Å². The van der Waals surface area contributed by atoms with E-state index in [1.165, 1.54) is 31.0 Å². The molecular formula is C24H34N6O2S. The molecule has 2 saturated carbocycles. The van der Waals surface area contributed by atoms with Gasteiger partial charge < -0.3 is 5.32 Å². The van der Waals surface area contributed by atoms with Crippen LogP contribution in [0.4, 0.5) is 4.79 Å². The maximum Gasteiger partial charge on any atom is 0.321 e. The van der Waals surface area contributed by atoms with Gasteiger partial charge in [-0.2, -0.15) is 0 Å². The van der Waals surface area contributed by atoms with Crippen LogP contribution >= 0.6 is 11.8 Å². The summed E-state index contributed by atoms with van der Waals surface area (Å²) in [5, 5.41) is 14.6. The summed E-state index contributed by atoms with van der Waals surface area (Å²) < 4.78 is 2.19. The van der Waals surface area contributed by atoms with E-state index >= 15 is 0 Å². The van der Waals surface area contributed by atoms with Crippen LogP contribution in [0.2, 0.25) is 0 Å². The molecule has 0 aliphatic heterocycles. The Labute approximate surface area is 199 Å². The first-order valence-corrected chi connectivity index (χ1v) is 13.0. The molecule has 2 aliphatic carbocycles. The zero-order valence-electron chi connectivity index (χ0n) is 19.5. The second-order valence-corrected chi connectivity index (χ2v) is 10.6. The lowest BCUT2D eigenvalue weighted by Gasteiger charge is -2.31. The van der Waals surface area contributed by atoms with Gasteiger partial charge >= 0.3 is 6.03 Å². The smallest absolute Gasteiger partial charge is 0.321 e. The molecule has 2 fully saturated rings. The van der Waals surface area contributed by atoms with Crippen molar-refractivity contribution >= 4 is 23.7 Å². The van der Waals surface area contributed by atoms with E-state index < -0.39 is 11.3 Å². The van der Waals surface area contributed by atoms with Gasteiger partial charge in [-0.15, -0.1) is 10.2 Å². The molecule has 3 amide bonds. The second kappa shape index (κ2) is 11.1. The minimum atomic E-state index is -0.481. The van der Waals surface area contributed by atoms with E-state index in [1.807, 2.05) is 12.1 Å². The van der Waals surface area contributed by atoms with E-state index in [0.717, 1.165) is 49.9 Å². The molecule has 0 spiro atoms. The van der Waals surface area contributed by atoms with Gasteiger partial charge in [0.25, 0.3) is 0 Å². The quantitative estimate of drug-likeness (QED) is 0.592. The number of nitrogens with zero attached hydrogens (tertiary/aromatic N) is 4. The topological polar surface area (TPSA) is 102 Å². The first-order valence-electron chi connectivity index (χ1n) is 12.2. The van der Waals surface area contributed by atoms with Crippen LogP contribution in [0.1, 0.15) is 77.7 Å². The molecule has 3 atom stereocenters. The monoisotopic (exact) mass is 470 g/mol. The maximum atomic E-state index is 12.8. The summed E-state index contributed by atoms with van der Waals surface area (Å²) in [4.78, 5) is 29.3. The van der Waals surface area contributed by atoms with Crippen molar-refractivity contribution in [2.75, 3.05) is 0 Å². The van der Waals surface area contributed by atoms with Crippen molar-refractivity contribution in [2.45, 2.75) is 94.1 Å². The van der Waals surface area contributed by atoms with Gasteiger partial charge in [-0.1, -0.05) is 50.8 Å². The number of carbonyl (C=O) groups is 2. The highest BCUT2D eigenvalue weighted by molar-refractivity contribution is 8.00. The van der Waals surface area contributed by atoms with Gasteiger partial charge in [-0.3, -0.25) is 19.7 Å². The zero-order chi connectivity index (χ0) is 23.2. The third-order valence-corrected chi connectivity index (χ3v) is 7.87. The van der Waals surface area contributed by atoms with Crippen LogP contribution in [-0.4, -0.2) is 43.0 Å². The molecular weight excluding hydrogens is 436 g/mol. The lowest BCUT2D eigenvalue weighted by molar-refractivity contribution is -0.119. The fourth-order valence-corrected chi connectivity index (χ4v) is 5.83. The summed E-state index contributed by atoms with van der Waals surface area (Å²) in [6, 6.07) is 3.91. The van der Waals surface area contributed by atoms with E-state index in [0.29, 0.717) is 11.1 Å². The zero-order valence-corrected chi connectivity index (χ0v) is 20.3. The van der Waals surface area contributed by atoms with Crippen molar-refractivity contribution in [1.29, 1.82) is 0 Å². The van der Waals surface area contributed by atoms with Crippen molar-refractivity contribution in [3.05, 3.63) is 24.5 Å². The standard InChI is InChI=1S/C24H34N6O2S/c1-16-9-6-7-13-20(16)30-21(18-10-8-14-25-15-18)28-29-24(30)33-17(2)22(31)27-23(32)26-19-11-4-3-5-12-19/h8,10,14-17,19-20H,3-7,9,11-13H2,1-2H3,(H2,26,27,31,32)/t16-,17+,20+/m1/s1. The number of aromatic nitrogens is 4. The highest BCUT2D eigenvalue weighted by Gasteiger charge is 2.30. The average molecular weight is 471 g/mol. The predicted molar refractivity (Wildman–Crippen MR) is 129 cm³/mol. The van der Waals surface area contributed by atoms with E-state index in [2.05, 4.69) is 37.3 Å². The van der Waals surface area contributed by atoms with Gasteiger partial charge in [0.05, 0.1) is 5.25 Å². The fraction of sp³-hybridized carbons (Fsp3) is 0.625. The van der Waals surface area contributed by atoms with Gasteiger partial charge in [0.1, 0.15) is 0 Å².